The van der Waals surface area contributed by atoms with Crippen molar-refractivity contribution in [1.82, 2.24) is 4.90 Å². The average molecular weight is 263 g/mol. The molecular formula is C15H31F2N. The lowest BCUT2D eigenvalue weighted by molar-refractivity contribution is -0.0778. The van der Waals surface area contributed by atoms with Gasteiger partial charge in [0.15, 0.2) is 0 Å². The van der Waals surface area contributed by atoms with Crippen LogP contribution >= 0.6 is 0 Å². The molecule has 1 unspecified atom stereocenters. The molecule has 3 heteroatoms. The first-order valence-corrected chi connectivity index (χ1v) is 7.27. The van der Waals surface area contributed by atoms with Crippen LogP contribution in [0.1, 0.15) is 61.3 Å². The number of likely N-dealkylation sites (tertiary alicyclic amines) is 1. The van der Waals surface area contributed by atoms with E-state index in [4.69, 9.17) is 0 Å². The standard InChI is InChI=1S/C13H25F2N.C2H6/c1-10(2)11-6-8-16(12(3,4)5)9-7-13(11,14)15;1-2/h10-11H,6-9H2,1-5H3;1-2H3. The lowest BCUT2D eigenvalue weighted by atomic mass is 9.86. The van der Waals surface area contributed by atoms with E-state index >= 15 is 0 Å². The van der Waals surface area contributed by atoms with Crippen molar-refractivity contribution in [3.05, 3.63) is 0 Å². The van der Waals surface area contributed by atoms with Crippen LogP contribution in [0, 0.1) is 11.8 Å². The van der Waals surface area contributed by atoms with E-state index < -0.39 is 11.8 Å². The Morgan fingerprint density at radius 2 is 1.61 bits per heavy atom. The summed E-state index contributed by atoms with van der Waals surface area (Å²) >= 11 is 0. The summed E-state index contributed by atoms with van der Waals surface area (Å²) in [5, 5.41) is 0. The Kier molecular flexibility index (Phi) is 6.77. The fourth-order valence-electron chi connectivity index (χ4n) is 2.58. The summed E-state index contributed by atoms with van der Waals surface area (Å²) in [5.41, 5.74) is 0.00193. The SMILES string of the molecule is CC.CC(C)C1CCN(C(C)(C)C)CCC1(F)F. The molecule has 1 aliphatic rings. The second-order valence-corrected chi connectivity index (χ2v) is 6.31. The van der Waals surface area contributed by atoms with E-state index in [0.29, 0.717) is 13.0 Å². The van der Waals surface area contributed by atoms with Crippen LogP contribution in [0.5, 0.6) is 0 Å². The van der Waals surface area contributed by atoms with Crippen molar-refractivity contribution in [1.29, 1.82) is 0 Å². The van der Waals surface area contributed by atoms with Crippen LogP contribution in [0.3, 0.4) is 0 Å². The zero-order valence-electron chi connectivity index (χ0n) is 13.2. The molecule has 0 radical (unpaired) electrons. The normalized spacial score (nSPS) is 25.3. The van der Waals surface area contributed by atoms with Gasteiger partial charge in [0.25, 0.3) is 5.92 Å². The first kappa shape index (κ1) is 17.8. The summed E-state index contributed by atoms with van der Waals surface area (Å²) in [6.45, 7) is 15.4. The second kappa shape index (κ2) is 6.83. The Morgan fingerprint density at radius 3 is 2.00 bits per heavy atom. The van der Waals surface area contributed by atoms with Gasteiger partial charge in [0.2, 0.25) is 0 Å². The largest absolute Gasteiger partial charge is 0.298 e. The van der Waals surface area contributed by atoms with Crippen LogP contribution in [-0.2, 0) is 0 Å². The maximum atomic E-state index is 13.9. The Labute approximate surface area is 112 Å². The van der Waals surface area contributed by atoms with Gasteiger partial charge in [0.05, 0.1) is 0 Å². The fraction of sp³-hybridized carbons (Fsp3) is 1.00. The maximum absolute atomic E-state index is 13.9. The van der Waals surface area contributed by atoms with Crippen molar-refractivity contribution in [3.8, 4) is 0 Å². The van der Waals surface area contributed by atoms with E-state index in [2.05, 4.69) is 25.7 Å². The highest BCUT2D eigenvalue weighted by molar-refractivity contribution is 4.88. The fourth-order valence-corrected chi connectivity index (χ4v) is 2.58. The van der Waals surface area contributed by atoms with E-state index in [9.17, 15) is 8.78 Å². The molecule has 0 bridgehead atoms. The van der Waals surface area contributed by atoms with E-state index in [1.165, 1.54) is 0 Å². The first-order chi connectivity index (χ1) is 8.14. The van der Waals surface area contributed by atoms with Crippen molar-refractivity contribution in [2.24, 2.45) is 11.8 Å². The minimum Gasteiger partial charge on any atom is -0.298 e. The summed E-state index contributed by atoms with van der Waals surface area (Å²) in [6.07, 6.45) is 0.620. The molecule has 0 N–H and O–H groups in total. The number of hydrogen-bond acceptors (Lipinski definition) is 1. The van der Waals surface area contributed by atoms with Gasteiger partial charge >= 0.3 is 0 Å². The van der Waals surface area contributed by atoms with Gasteiger partial charge in [-0.05, 0) is 39.7 Å². The summed E-state index contributed by atoms with van der Waals surface area (Å²) in [6, 6.07) is 0. The summed E-state index contributed by atoms with van der Waals surface area (Å²) < 4.78 is 27.8. The molecule has 0 aromatic carbocycles. The van der Waals surface area contributed by atoms with Gasteiger partial charge in [0, 0.05) is 24.4 Å². The van der Waals surface area contributed by atoms with Crippen LogP contribution in [0.4, 0.5) is 8.78 Å². The van der Waals surface area contributed by atoms with Crippen molar-refractivity contribution < 1.29 is 8.78 Å². The molecular weight excluding hydrogens is 232 g/mol. The summed E-state index contributed by atoms with van der Waals surface area (Å²) in [4.78, 5) is 2.18. The molecule has 1 rings (SSSR count). The van der Waals surface area contributed by atoms with Crippen molar-refractivity contribution in [2.75, 3.05) is 13.1 Å². The molecule has 1 aliphatic heterocycles. The Morgan fingerprint density at radius 1 is 1.11 bits per heavy atom. The highest BCUT2D eigenvalue weighted by Crippen LogP contribution is 2.39. The third-order valence-corrected chi connectivity index (χ3v) is 3.72. The first-order valence-electron chi connectivity index (χ1n) is 7.27. The maximum Gasteiger partial charge on any atom is 0.252 e. The van der Waals surface area contributed by atoms with Gasteiger partial charge in [-0.25, -0.2) is 8.78 Å². The van der Waals surface area contributed by atoms with Crippen molar-refractivity contribution in [2.45, 2.75) is 72.8 Å². The van der Waals surface area contributed by atoms with Gasteiger partial charge in [-0.15, -0.1) is 0 Å². The highest BCUT2D eigenvalue weighted by atomic mass is 19.3. The summed E-state index contributed by atoms with van der Waals surface area (Å²) in [5.74, 6) is -2.89. The topological polar surface area (TPSA) is 3.24 Å². The molecule has 18 heavy (non-hydrogen) atoms. The molecule has 0 aromatic heterocycles. The number of halogens is 2. The van der Waals surface area contributed by atoms with E-state index in [-0.39, 0.29) is 17.9 Å². The molecule has 0 spiro atoms. The predicted molar refractivity (Wildman–Crippen MR) is 75.2 cm³/mol. The van der Waals surface area contributed by atoms with Crippen LogP contribution < -0.4 is 0 Å². The molecule has 0 amide bonds. The third kappa shape index (κ3) is 4.83. The van der Waals surface area contributed by atoms with Crippen molar-refractivity contribution >= 4 is 0 Å². The summed E-state index contributed by atoms with van der Waals surface area (Å²) in [7, 11) is 0. The van der Waals surface area contributed by atoms with Crippen LogP contribution in [-0.4, -0.2) is 29.5 Å². The van der Waals surface area contributed by atoms with Gasteiger partial charge < -0.3 is 0 Å². The molecule has 110 valence electrons. The smallest absolute Gasteiger partial charge is 0.252 e. The van der Waals surface area contributed by atoms with E-state index in [1.807, 2.05) is 27.7 Å². The number of rotatable bonds is 1. The van der Waals surface area contributed by atoms with Crippen LogP contribution in [0.2, 0.25) is 0 Å². The minimum absolute atomic E-state index is 0.00193. The lowest BCUT2D eigenvalue weighted by Gasteiger charge is -2.34. The highest BCUT2D eigenvalue weighted by Gasteiger charge is 2.44. The Bertz CT molecular complexity index is 231. The van der Waals surface area contributed by atoms with E-state index in [0.717, 1.165) is 6.54 Å². The molecule has 1 saturated heterocycles. The van der Waals surface area contributed by atoms with Gasteiger partial charge in [-0.2, -0.15) is 0 Å². The third-order valence-electron chi connectivity index (χ3n) is 3.72. The molecule has 0 aromatic rings. The molecule has 1 fully saturated rings. The Hall–Kier alpha value is -0.180. The number of nitrogens with zero attached hydrogens (tertiary/aromatic N) is 1. The zero-order valence-corrected chi connectivity index (χ0v) is 13.2. The van der Waals surface area contributed by atoms with Crippen molar-refractivity contribution in [3.63, 3.8) is 0 Å². The minimum atomic E-state index is -2.49. The molecule has 1 atom stereocenters. The average Bonchev–Trinajstić information content (AvgIpc) is 2.38. The monoisotopic (exact) mass is 263 g/mol. The lowest BCUT2D eigenvalue weighted by Crippen LogP contribution is -2.42. The predicted octanol–water partition coefficient (Wildman–Crippen LogP) is 4.81. The molecule has 0 saturated carbocycles. The van der Waals surface area contributed by atoms with Gasteiger partial charge in [-0.1, -0.05) is 27.7 Å². The zero-order chi connectivity index (χ0) is 14.6. The van der Waals surface area contributed by atoms with Crippen LogP contribution in [0.25, 0.3) is 0 Å². The van der Waals surface area contributed by atoms with Crippen LogP contribution in [0.15, 0.2) is 0 Å². The molecule has 1 nitrogen and oxygen atoms in total. The van der Waals surface area contributed by atoms with E-state index in [1.54, 1.807) is 0 Å². The number of alkyl halides is 2. The van der Waals surface area contributed by atoms with Gasteiger partial charge in [-0.3, -0.25) is 4.90 Å². The Balaban J connectivity index is 0.00000137. The molecule has 0 aliphatic carbocycles. The van der Waals surface area contributed by atoms with Gasteiger partial charge in [0.1, 0.15) is 0 Å². The number of hydrogen-bond donors (Lipinski definition) is 0. The molecule has 1 heterocycles. The quantitative estimate of drug-likeness (QED) is 0.656. The second-order valence-electron chi connectivity index (χ2n) is 6.31.